The SMILES string of the molecule is N#Cc1cnc(NCc2ccccc2O)nc1NC[C@@]12CC3C[C@H](C1)[C@@H](NCCCCO)[C@@H](C3)C2. The van der Waals surface area contributed by atoms with Gasteiger partial charge in [0.1, 0.15) is 23.2 Å². The molecule has 4 bridgehead atoms. The molecule has 6 rings (SSSR count). The van der Waals surface area contributed by atoms with E-state index in [4.69, 9.17) is 5.11 Å². The summed E-state index contributed by atoms with van der Waals surface area (Å²) in [5.41, 5.74) is 1.48. The molecule has 0 radical (unpaired) electrons. The largest absolute Gasteiger partial charge is 0.508 e. The van der Waals surface area contributed by atoms with Crippen molar-refractivity contribution in [1.29, 1.82) is 5.26 Å². The van der Waals surface area contributed by atoms with Crippen molar-refractivity contribution in [2.75, 3.05) is 30.3 Å². The molecule has 4 aliphatic carbocycles. The molecule has 4 fully saturated rings. The molecule has 0 amide bonds. The van der Waals surface area contributed by atoms with Gasteiger partial charge in [-0.3, -0.25) is 0 Å². The number of aliphatic hydroxyl groups excluding tert-OH is 1. The first-order chi connectivity index (χ1) is 17.1. The highest BCUT2D eigenvalue weighted by Crippen LogP contribution is 2.60. The Bertz CT molecular complexity index is 1050. The quantitative estimate of drug-likeness (QED) is 0.311. The van der Waals surface area contributed by atoms with Crippen LogP contribution in [-0.4, -0.2) is 45.9 Å². The van der Waals surface area contributed by atoms with Crippen molar-refractivity contribution in [3.8, 4) is 11.8 Å². The van der Waals surface area contributed by atoms with Crippen LogP contribution in [0.3, 0.4) is 0 Å². The zero-order valence-corrected chi connectivity index (χ0v) is 20.2. The highest BCUT2D eigenvalue weighted by atomic mass is 16.3. The summed E-state index contributed by atoms with van der Waals surface area (Å²) in [6.45, 7) is 2.50. The lowest BCUT2D eigenvalue weighted by Crippen LogP contribution is -2.59. The summed E-state index contributed by atoms with van der Waals surface area (Å²) in [6, 6.07) is 10.0. The number of hydrogen-bond acceptors (Lipinski definition) is 8. The van der Waals surface area contributed by atoms with E-state index in [0.29, 0.717) is 41.8 Å². The Kier molecular flexibility index (Phi) is 7.07. The van der Waals surface area contributed by atoms with Crippen LogP contribution in [0.1, 0.15) is 56.1 Å². The molecule has 186 valence electrons. The lowest BCUT2D eigenvalue weighted by molar-refractivity contribution is -0.0692. The first-order valence-electron chi connectivity index (χ1n) is 12.9. The van der Waals surface area contributed by atoms with Crippen LogP contribution >= 0.6 is 0 Å². The van der Waals surface area contributed by atoms with Crippen molar-refractivity contribution in [3.05, 3.63) is 41.6 Å². The van der Waals surface area contributed by atoms with Gasteiger partial charge in [0.15, 0.2) is 0 Å². The van der Waals surface area contributed by atoms with Crippen molar-refractivity contribution < 1.29 is 10.2 Å². The van der Waals surface area contributed by atoms with Crippen molar-refractivity contribution in [2.45, 2.75) is 57.5 Å². The van der Waals surface area contributed by atoms with E-state index >= 15 is 0 Å². The average molecular weight is 477 g/mol. The molecule has 4 saturated carbocycles. The first kappa shape index (κ1) is 23.8. The Balaban J connectivity index is 1.23. The fraction of sp³-hybridized carbons (Fsp3) is 0.593. The van der Waals surface area contributed by atoms with Gasteiger partial charge in [0.25, 0.3) is 0 Å². The molecule has 8 nitrogen and oxygen atoms in total. The maximum atomic E-state index is 10.0. The van der Waals surface area contributed by atoms with Crippen LogP contribution < -0.4 is 16.0 Å². The molecule has 1 heterocycles. The van der Waals surface area contributed by atoms with E-state index in [1.165, 1.54) is 32.1 Å². The van der Waals surface area contributed by atoms with Crippen molar-refractivity contribution in [3.63, 3.8) is 0 Å². The minimum Gasteiger partial charge on any atom is -0.508 e. The summed E-state index contributed by atoms with van der Waals surface area (Å²) in [5, 5.41) is 39.2. The molecular weight excluding hydrogens is 440 g/mol. The van der Waals surface area contributed by atoms with Gasteiger partial charge in [-0.1, -0.05) is 18.2 Å². The average Bonchev–Trinajstić information content (AvgIpc) is 2.86. The maximum absolute atomic E-state index is 10.0. The summed E-state index contributed by atoms with van der Waals surface area (Å²) in [4.78, 5) is 8.90. The number of phenolic OH excluding ortho intramolecular Hbond substituents is 1. The summed E-state index contributed by atoms with van der Waals surface area (Å²) in [7, 11) is 0. The van der Waals surface area contributed by atoms with Crippen molar-refractivity contribution in [1.82, 2.24) is 15.3 Å². The van der Waals surface area contributed by atoms with Crippen LogP contribution in [0, 0.1) is 34.5 Å². The number of unbranched alkanes of at least 4 members (excludes halogenated alkanes) is 1. The Morgan fingerprint density at radius 1 is 1.09 bits per heavy atom. The maximum Gasteiger partial charge on any atom is 0.224 e. The highest BCUT2D eigenvalue weighted by Gasteiger charge is 2.54. The molecule has 8 heteroatoms. The standard InChI is InChI=1S/C27H36N6O2/c28-14-22-16-31-26(30-15-19-5-1-2-6-23(19)35)33-25(22)32-17-27-11-18-9-20(12-27)24(21(10-18)13-27)29-7-3-4-8-34/h1-2,5-6,16,18,20-21,24,29,34-35H,3-4,7-13,15,17H2,(H2,30,31,32,33)/t18?,20-,21+,24-,27+. The second-order valence-corrected chi connectivity index (χ2v) is 10.8. The Hall–Kier alpha value is -2.89. The van der Waals surface area contributed by atoms with E-state index in [2.05, 4.69) is 32.0 Å². The second-order valence-electron chi connectivity index (χ2n) is 10.8. The van der Waals surface area contributed by atoms with E-state index in [1.54, 1.807) is 18.3 Å². The summed E-state index contributed by atoms with van der Waals surface area (Å²) in [5.74, 6) is 3.49. The van der Waals surface area contributed by atoms with Crippen molar-refractivity contribution >= 4 is 11.8 Å². The van der Waals surface area contributed by atoms with Gasteiger partial charge in [-0.25, -0.2) is 4.98 Å². The Morgan fingerprint density at radius 2 is 1.89 bits per heavy atom. The number of rotatable bonds is 11. The van der Waals surface area contributed by atoms with E-state index in [-0.39, 0.29) is 17.8 Å². The van der Waals surface area contributed by atoms with Crippen LogP contribution in [0.5, 0.6) is 5.75 Å². The van der Waals surface area contributed by atoms with E-state index in [9.17, 15) is 10.4 Å². The number of hydrogen-bond donors (Lipinski definition) is 5. The van der Waals surface area contributed by atoms with E-state index in [0.717, 1.165) is 37.4 Å². The monoisotopic (exact) mass is 476 g/mol. The summed E-state index contributed by atoms with van der Waals surface area (Å²) >= 11 is 0. The topological polar surface area (TPSA) is 126 Å². The van der Waals surface area contributed by atoms with Crippen molar-refractivity contribution in [2.24, 2.45) is 23.2 Å². The van der Waals surface area contributed by atoms with Crippen LogP contribution in [0.25, 0.3) is 0 Å². The molecule has 0 aliphatic heterocycles. The Labute approximate surface area is 207 Å². The molecule has 35 heavy (non-hydrogen) atoms. The fourth-order valence-corrected chi connectivity index (χ4v) is 7.04. The third-order valence-electron chi connectivity index (χ3n) is 8.33. The molecule has 0 saturated heterocycles. The number of phenols is 1. The molecule has 2 aromatic rings. The highest BCUT2D eigenvalue weighted by molar-refractivity contribution is 5.53. The third kappa shape index (κ3) is 5.21. The van der Waals surface area contributed by atoms with Gasteiger partial charge in [0.2, 0.25) is 5.95 Å². The predicted molar refractivity (Wildman–Crippen MR) is 135 cm³/mol. The molecule has 0 spiro atoms. The number of nitrogens with one attached hydrogen (secondary N) is 3. The minimum absolute atomic E-state index is 0.231. The normalized spacial score (nSPS) is 28.6. The number of benzene rings is 1. The molecule has 1 aromatic heterocycles. The molecule has 4 aliphatic rings. The third-order valence-corrected chi connectivity index (χ3v) is 8.33. The zero-order valence-electron chi connectivity index (χ0n) is 20.2. The minimum atomic E-state index is 0.231. The summed E-state index contributed by atoms with van der Waals surface area (Å²) < 4.78 is 0. The van der Waals surface area contributed by atoms with E-state index in [1.807, 2.05) is 12.1 Å². The molecule has 1 unspecified atom stereocenters. The predicted octanol–water partition coefficient (Wildman–Crippen LogP) is 3.63. The van der Waals surface area contributed by atoms with Gasteiger partial charge < -0.3 is 26.2 Å². The molecule has 5 atom stereocenters. The molecular formula is C27H36N6O2. The van der Waals surface area contributed by atoms with Gasteiger partial charge in [-0.15, -0.1) is 0 Å². The smallest absolute Gasteiger partial charge is 0.224 e. The number of nitriles is 1. The lowest BCUT2D eigenvalue weighted by Gasteiger charge is -2.60. The van der Waals surface area contributed by atoms with Gasteiger partial charge in [0.05, 0.1) is 6.20 Å². The number of para-hydroxylation sites is 1. The zero-order chi connectivity index (χ0) is 24.3. The lowest BCUT2D eigenvalue weighted by atomic mass is 9.48. The van der Waals surface area contributed by atoms with Crippen LogP contribution in [-0.2, 0) is 6.54 Å². The van der Waals surface area contributed by atoms with Gasteiger partial charge >= 0.3 is 0 Å². The van der Waals surface area contributed by atoms with Gasteiger partial charge in [0, 0.05) is 31.3 Å². The Morgan fingerprint density at radius 3 is 2.63 bits per heavy atom. The van der Waals surface area contributed by atoms with Crippen LogP contribution in [0.2, 0.25) is 0 Å². The first-order valence-corrected chi connectivity index (χ1v) is 12.9. The van der Waals surface area contributed by atoms with Gasteiger partial charge in [-0.05, 0) is 80.7 Å². The second kappa shape index (κ2) is 10.4. The number of aromatic hydroxyl groups is 1. The molecule has 1 aromatic carbocycles. The number of aromatic nitrogens is 2. The van der Waals surface area contributed by atoms with Crippen LogP contribution in [0.15, 0.2) is 30.5 Å². The number of anilines is 2. The van der Waals surface area contributed by atoms with Gasteiger partial charge in [-0.2, -0.15) is 10.2 Å². The van der Waals surface area contributed by atoms with E-state index < -0.39 is 0 Å². The fourth-order valence-electron chi connectivity index (χ4n) is 7.04. The number of nitrogens with zero attached hydrogens (tertiary/aromatic N) is 3. The number of aliphatic hydroxyl groups is 1. The molecule has 5 N–H and O–H groups in total. The van der Waals surface area contributed by atoms with Crippen LogP contribution in [0.4, 0.5) is 11.8 Å². The summed E-state index contributed by atoms with van der Waals surface area (Å²) in [6.07, 6.45) is 9.82.